The molecule has 0 spiro atoms. The van der Waals surface area contributed by atoms with Gasteiger partial charge in [0.15, 0.2) is 5.82 Å². The smallest absolute Gasteiger partial charge is 0.271 e. The third-order valence-electron chi connectivity index (χ3n) is 4.81. The van der Waals surface area contributed by atoms with Crippen molar-refractivity contribution in [3.8, 4) is 11.4 Å². The summed E-state index contributed by atoms with van der Waals surface area (Å²) in [5.41, 5.74) is 7.47. The highest BCUT2D eigenvalue weighted by molar-refractivity contribution is 6.44. The lowest BCUT2D eigenvalue weighted by Crippen LogP contribution is -2.39. The molecule has 0 saturated heterocycles. The third-order valence-corrected chi connectivity index (χ3v) is 4.81. The summed E-state index contributed by atoms with van der Waals surface area (Å²) in [5.74, 6) is 0.103. The molecule has 1 unspecified atom stereocenters. The molecule has 2 amide bonds. The van der Waals surface area contributed by atoms with E-state index in [2.05, 4.69) is 25.9 Å². The van der Waals surface area contributed by atoms with Crippen LogP contribution in [0.2, 0.25) is 0 Å². The molecule has 3 N–H and O–H groups in total. The number of benzene rings is 2. The molecule has 2 aromatic carbocycles. The van der Waals surface area contributed by atoms with E-state index in [9.17, 15) is 9.59 Å². The van der Waals surface area contributed by atoms with E-state index in [4.69, 9.17) is 10.5 Å². The average Bonchev–Trinajstić information content (AvgIpc) is 3.41. The summed E-state index contributed by atoms with van der Waals surface area (Å²) in [6, 6.07) is 13.4. The first-order valence-corrected chi connectivity index (χ1v) is 9.43. The summed E-state index contributed by atoms with van der Waals surface area (Å²) in [7, 11) is 1.53. The van der Waals surface area contributed by atoms with E-state index in [0.29, 0.717) is 28.6 Å². The van der Waals surface area contributed by atoms with Gasteiger partial charge in [-0.1, -0.05) is 18.2 Å². The van der Waals surface area contributed by atoms with Crippen LogP contribution in [0.1, 0.15) is 12.2 Å². The molecule has 1 aliphatic heterocycles. The number of hydrogen-bond donors (Lipinski definition) is 2. The maximum atomic E-state index is 12.9. The van der Waals surface area contributed by atoms with Crippen molar-refractivity contribution in [2.45, 2.75) is 19.4 Å². The van der Waals surface area contributed by atoms with E-state index < -0.39 is 17.9 Å². The van der Waals surface area contributed by atoms with Crippen LogP contribution in [0, 0.1) is 6.92 Å². The average molecular weight is 420 g/mol. The SMILES string of the molecule is COc1ccc(NC(=O)C2=NN(c3ccccc3)C(C(N)=O)C2)cc1-n1nnnc1C. The third kappa shape index (κ3) is 3.92. The quantitative estimate of drug-likeness (QED) is 0.607. The molecule has 11 nitrogen and oxygen atoms in total. The molecule has 0 radical (unpaired) electrons. The Morgan fingerprint density at radius 1 is 1.19 bits per heavy atom. The minimum absolute atomic E-state index is 0.102. The van der Waals surface area contributed by atoms with Gasteiger partial charge in [-0.05, 0) is 47.7 Å². The number of amides is 2. The highest BCUT2D eigenvalue weighted by atomic mass is 16.5. The van der Waals surface area contributed by atoms with Gasteiger partial charge in [0.1, 0.15) is 23.2 Å². The van der Waals surface area contributed by atoms with Crippen LogP contribution in [0.4, 0.5) is 11.4 Å². The van der Waals surface area contributed by atoms with Gasteiger partial charge < -0.3 is 15.8 Å². The number of tetrazole rings is 1. The molecule has 31 heavy (non-hydrogen) atoms. The Balaban J connectivity index is 1.60. The van der Waals surface area contributed by atoms with Gasteiger partial charge in [0.2, 0.25) is 5.91 Å². The molecule has 0 bridgehead atoms. The number of carbonyl (C=O) groups is 2. The second kappa shape index (κ2) is 8.22. The zero-order valence-electron chi connectivity index (χ0n) is 16.9. The molecule has 1 atom stereocenters. The topological polar surface area (TPSA) is 141 Å². The molecule has 2 heterocycles. The maximum absolute atomic E-state index is 12.9. The van der Waals surface area contributed by atoms with E-state index in [-0.39, 0.29) is 12.1 Å². The standard InChI is InChI=1S/C20H20N8O3/c1-12-23-25-26-27(12)16-10-13(8-9-18(16)31-2)22-20(30)15-11-17(19(21)29)28(24-15)14-6-4-3-5-7-14/h3-10,17H,11H2,1-2H3,(H2,21,29)(H,22,30). The highest BCUT2D eigenvalue weighted by Crippen LogP contribution is 2.28. The summed E-state index contributed by atoms with van der Waals surface area (Å²) in [6.45, 7) is 1.75. The van der Waals surface area contributed by atoms with Gasteiger partial charge in [-0.2, -0.15) is 9.78 Å². The number of nitrogens with two attached hydrogens (primary N) is 1. The molecule has 158 valence electrons. The normalized spacial score (nSPS) is 15.5. The number of nitrogens with zero attached hydrogens (tertiary/aromatic N) is 6. The zero-order chi connectivity index (χ0) is 22.0. The maximum Gasteiger partial charge on any atom is 0.271 e. The predicted octanol–water partition coefficient (Wildman–Crippen LogP) is 1.04. The van der Waals surface area contributed by atoms with E-state index in [0.717, 1.165) is 0 Å². The molecule has 0 aliphatic carbocycles. The van der Waals surface area contributed by atoms with Gasteiger partial charge in [0.05, 0.1) is 12.8 Å². The molecule has 4 rings (SSSR count). The van der Waals surface area contributed by atoms with Crippen LogP contribution in [-0.4, -0.2) is 50.9 Å². The van der Waals surface area contributed by atoms with Crippen LogP contribution < -0.4 is 20.8 Å². The number of rotatable bonds is 6. The second-order valence-corrected chi connectivity index (χ2v) is 6.83. The number of nitrogens with one attached hydrogen (secondary N) is 1. The molecule has 0 fully saturated rings. The molecule has 3 aromatic rings. The van der Waals surface area contributed by atoms with Crippen LogP contribution in [0.15, 0.2) is 53.6 Å². The van der Waals surface area contributed by atoms with Crippen LogP contribution in [0.25, 0.3) is 5.69 Å². The van der Waals surface area contributed by atoms with Gasteiger partial charge in [-0.3, -0.25) is 14.6 Å². The van der Waals surface area contributed by atoms with Crippen LogP contribution in [0.3, 0.4) is 0 Å². The van der Waals surface area contributed by atoms with Gasteiger partial charge in [-0.15, -0.1) is 5.10 Å². The van der Waals surface area contributed by atoms with Crippen molar-refractivity contribution in [3.05, 3.63) is 54.4 Å². The number of ether oxygens (including phenoxy) is 1. The Hall–Kier alpha value is -4.28. The number of carbonyl (C=O) groups excluding carboxylic acids is 2. The number of para-hydroxylation sites is 1. The first-order chi connectivity index (χ1) is 15.0. The predicted molar refractivity (Wildman–Crippen MR) is 113 cm³/mol. The lowest BCUT2D eigenvalue weighted by molar-refractivity contribution is -0.119. The Labute approximate surface area is 177 Å². The van der Waals surface area contributed by atoms with Crippen molar-refractivity contribution >= 4 is 28.9 Å². The zero-order valence-corrected chi connectivity index (χ0v) is 16.9. The number of anilines is 2. The van der Waals surface area contributed by atoms with Crippen molar-refractivity contribution < 1.29 is 14.3 Å². The van der Waals surface area contributed by atoms with Crippen LogP contribution in [0.5, 0.6) is 5.75 Å². The summed E-state index contributed by atoms with van der Waals surface area (Å²) in [5, 5.41) is 20.1. The fourth-order valence-electron chi connectivity index (χ4n) is 3.28. The first kappa shape index (κ1) is 20.0. The van der Waals surface area contributed by atoms with Crippen LogP contribution in [-0.2, 0) is 9.59 Å². The molecular formula is C20H20N8O3. The van der Waals surface area contributed by atoms with Gasteiger partial charge in [0, 0.05) is 12.1 Å². The van der Waals surface area contributed by atoms with Crippen molar-refractivity contribution in [1.82, 2.24) is 20.2 Å². The lowest BCUT2D eigenvalue weighted by Gasteiger charge is -2.20. The summed E-state index contributed by atoms with van der Waals surface area (Å²) in [4.78, 5) is 24.8. The van der Waals surface area contributed by atoms with E-state index >= 15 is 0 Å². The number of methoxy groups -OCH3 is 1. The Kier molecular flexibility index (Phi) is 5.31. The molecular weight excluding hydrogens is 400 g/mol. The summed E-state index contributed by atoms with van der Waals surface area (Å²) in [6.07, 6.45) is 0.102. The van der Waals surface area contributed by atoms with Crippen LogP contribution >= 0.6 is 0 Å². The Bertz CT molecular complexity index is 1160. The molecule has 1 aromatic heterocycles. The van der Waals surface area contributed by atoms with Crippen molar-refractivity contribution in [1.29, 1.82) is 0 Å². The van der Waals surface area contributed by atoms with E-state index in [1.807, 2.05) is 18.2 Å². The number of primary amides is 1. The second-order valence-electron chi connectivity index (χ2n) is 6.83. The Morgan fingerprint density at radius 2 is 1.97 bits per heavy atom. The first-order valence-electron chi connectivity index (χ1n) is 9.43. The summed E-state index contributed by atoms with van der Waals surface area (Å²) >= 11 is 0. The van der Waals surface area contributed by atoms with E-state index in [1.54, 1.807) is 37.3 Å². The number of aromatic nitrogens is 4. The van der Waals surface area contributed by atoms with Gasteiger partial charge in [0.25, 0.3) is 5.91 Å². The molecule has 0 saturated carbocycles. The monoisotopic (exact) mass is 420 g/mol. The fourth-order valence-corrected chi connectivity index (χ4v) is 3.28. The number of hydrazone groups is 1. The van der Waals surface area contributed by atoms with Crippen molar-refractivity contribution in [2.24, 2.45) is 10.8 Å². The lowest BCUT2D eigenvalue weighted by atomic mass is 10.1. The van der Waals surface area contributed by atoms with Gasteiger partial charge in [-0.25, -0.2) is 0 Å². The number of aryl methyl sites for hydroxylation is 1. The highest BCUT2D eigenvalue weighted by Gasteiger charge is 2.35. The minimum atomic E-state index is -0.738. The van der Waals surface area contributed by atoms with E-state index in [1.165, 1.54) is 16.8 Å². The summed E-state index contributed by atoms with van der Waals surface area (Å²) < 4.78 is 6.88. The Morgan fingerprint density at radius 3 is 2.61 bits per heavy atom. The number of hydrogen-bond acceptors (Lipinski definition) is 8. The molecule has 11 heteroatoms. The minimum Gasteiger partial charge on any atom is -0.494 e. The fraction of sp³-hybridized carbons (Fsp3) is 0.200. The van der Waals surface area contributed by atoms with Crippen molar-refractivity contribution in [3.63, 3.8) is 0 Å². The van der Waals surface area contributed by atoms with Crippen molar-refractivity contribution in [2.75, 3.05) is 17.4 Å². The largest absolute Gasteiger partial charge is 0.494 e. The van der Waals surface area contributed by atoms with Gasteiger partial charge >= 0.3 is 0 Å². The molecule has 1 aliphatic rings.